The summed E-state index contributed by atoms with van der Waals surface area (Å²) in [5, 5.41) is 12.1. The Kier molecular flexibility index (Phi) is 6.13. The fraction of sp³-hybridized carbons (Fsp3) is 0.500. The number of ether oxygens (including phenoxy) is 1. The molecule has 0 aliphatic heterocycles. The van der Waals surface area contributed by atoms with Crippen molar-refractivity contribution >= 4 is 0 Å². The van der Waals surface area contributed by atoms with Crippen molar-refractivity contribution in [1.82, 2.24) is 5.32 Å². The van der Waals surface area contributed by atoms with E-state index in [4.69, 9.17) is 10.00 Å². The topological polar surface area (TPSA) is 45.0 Å². The second kappa shape index (κ2) is 7.70. The largest absolute Gasteiger partial charge is 0.497 e. The lowest BCUT2D eigenvalue weighted by atomic mass is 10.1. The van der Waals surface area contributed by atoms with Crippen LogP contribution in [0, 0.1) is 17.2 Å². The SMILES string of the molecule is CCC(C#N)CNCCc1cccc(OC)c1. The molecule has 0 amide bonds. The van der Waals surface area contributed by atoms with E-state index in [0.717, 1.165) is 31.7 Å². The van der Waals surface area contributed by atoms with Crippen LogP contribution in [0.4, 0.5) is 0 Å². The second-order valence-corrected chi connectivity index (χ2v) is 4.04. The highest BCUT2D eigenvalue weighted by Crippen LogP contribution is 2.12. The van der Waals surface area contributed by atoms with Crippen LogP contribution in [-0.2, 0) is 6.42 Å². The number of nitrogens with one attached hydrogen (secondary N) is 1. The van der Waals surface area contributed by atoms with Crippen molar-refractivity contribution in [3.63, 3.8) is 0 Å². The summed E-state index contributed by atoms with van der Waals surface area (Å²) < 4.78 is 5.17. The molecule has 0 fully saturated rings. The molecule has 1 N–H and O–H groups in total. The van der Waals surface area contributed by atoms with Crippen LogP contribution >= 0.6 is 0 Å². The van der Waals surface area contributed by atoms with Crippen molar-refractivity contribution in [3.8, 4) is 11.8 Å². The first-order valence-corrected chi connectivity index (χ1v) is 6.03. The Balaban J connectivity index is 2.28. The monoisotopic (exact) mass is 232 g/mol. The number of methoxy groups -OCH3 is 1. The van der Waals surface area contributed by atoms with Crippen LogP contribution in [0.1, 0.15) is 18.9 Å². The van der Waals surface area contributed by atoms with Crippen molar-refractivity contribution in [1.29, 1.82) is 5.26 Å². The first kappa shape index (κ1) is 13.5. The molecular formula is C14H20N2O. The molecule has 0 bridgehead atoms. The minimum absolute atomic E-state index is 0.125. The van der Waals surface area contributed by atoms with Crippen molar-refractivity contribution in [3.05, 3.63) is 29.8 Å². The molecule has 1 atom stereocenters. The zero-order valence-corrected chi connectivity index (χ0v) is 10.6. The molecule has 3 heteroatoms. The summed E-state index contributed by atoms with van der Waals surface area (Å²) in [6, 6.07) is 10.4. The van der Waals surface area contributed by atoms with Crippen molar-refractivity contribution in [2.45, 2.75) is 19.8 Å². The Morgan fingerprint density at radius 1 is 1.47 bits per heavy atom. The Bertz CT molecular complexity index is 371. The Hall–Kier alpha value is -1.53. The first-order valence-electron chi connectivity index (χ1n) is 6.03. The third-order valence-corrected chi connectivity index (χ3v) is 2.79. The predicted octanol–water partition coefficient (Wildman–Crippen LogP) is 2.38. The number of rotatable bonds is 7. The van der Waals surface area contributed by atoms with Crippen LogP contribution in [0.15, 0.2) is 24.3 Å². The van der Waals surface area contributed by atoms with Gasteiger partial charge < -0.3 is 10.1 Å². The van der Waals surface area contributed by atoms with Crippen LogP contribution < -0.4 is 10.1 Å². The van der Waals surface area contributed by atoms with Gasteiger partial charge in [0.2, 0.25) is 0 Å². The van der Waals surface area contributed by atoms with Crippen LogP contribution in [0.5, 0.6) is 5.75 Å². The first-order chi connectivity index (χ1) is 8.30. The van der Waals surface area contributed by atoms with E-state index >= 15 is 0 Å². The Labute approximate surface area is 103 Å². The lowest BCUT2D eigenvalue weighted by Gasteiger charge is -2.08. The normalized spacial score (nSPS) is 11.8. The van der Waals surface area contributed by atoms with Gasteiger partial charge in [-0.05, 0) is 37.1 Å². The molecule has 1 unspecified atom stereocenters. The van der Waals surface area contributed by atoms with Gasteiger partial charge >= 0.3 is 0 Å². The highest BCUT2D eigenvalue weighted by Gasteiger charge is 2.02. The second-order valence-electron chi connectivity index (χ2n) is 4.04. The van der Waals surface area contributed by atoms with Gasteiger partial charge in [0.15, 0.2) is 0 Å². The molecule has 0 saturated carbocycles. The number of nitrogens with zero attached hydrogens (tertiary/aromatic N) is 1. The molecule has 0 aliphatic carbocycles. The van der Waals surface area contributed by atoms with E-state index in [-0.39, 0.29) is 5.92 Å². The third-order valence-electron chi connectivity index (χ3n) is 2.79. The summed E-state index contributed by atoms with van der Waals surface area (Å²) in [5.74, 6) is 1.02. The molecule has 0 heterocycles. The van der Waals surface area contributed by atoms with Crippen LogP contribution in [-0.4, -0.2) is 20.2 Å². The summed E-state index contributed by atoms with van der Waals surface area (Å²) in [6.07, 6.45) is 1.86. The smallest absolute Gasteiger partial charge is 0.119 e. The summed E-state index contributed by atoms with van der Waals surface area (Å²) in [6.45, 7) is 3.71. The number of benzene rings is 1. The van der Waals surface area contributed by atoms with Gasteiger partial charge in [0.05, 0.1) is 19.1 Å². The average Bonchev–Trinajstić information content (AvgIpc) is 2.39. The van der Waals surface area contributed by atoms with E-state index in [1.807, 2.05) is 25.1 Å². The molecule has 17 heavy (non-hydrogen) atoms. The van der Waals surface area contributed by atoms with Gasteiger partial charge in [-0.25, -0.2) is 0 Å². The zero-order valence-electron chi connectivity index (χ0n) is 10.6. The molecule has 92 valence electrons. The molecule has 1 rings (SSSR count). The molecule has 0 aromatic heterocycles. The molecule has 0 radical (unpaired) electrons. The molecule has 3 nitrogen and oxygen atoms in total. The molecule has 1 aromatic carbocycles. The van der Waals surface area contributed by atoms with Gasteiger partial charge in [0, 0.05) is 6.54 Å². The standard InChI is InChI=1S/C14H20N2O/c1-3-12(10-15)11-16-8-7-13-5-4-6-14(9-13)17-2/h4-6,9,12,16H,3,7-8,11H2,1-2H3. The molecule has 0 aliphatic rings. The quantitative estimate of drug-likeness (QED) is 0.734. The van der Waals surface area contributed by atoms with E-state index in [9.17, 15) is 0 Å². The minimum atomic E-state index is 0.125. The van der Waals surface area contributed by atoms with Gasteiger partial charge in [-0.3, -0.25) is 0 Å². The van der Waals surface area contributed by atoms with Gasteiger partial charge in [-0.1, -0.05) is 19.1 Å². The predicted molar refractivity (Wildman–Crippen MR) is 69.0 cm³/mol. The van der Waals surface area contributed by atoms with Crippen molar-refractivity contribution < 1.29 is 4.74 Å². The van der Waals surface area contributed by atoms with Gasteiger partial charge in [0.25, 0.3) is 0 Å². The molecular weight excluding hydrogens is 212 g/mol. The highest BCUT2D eigenvalue weighted by molar-refractivity contribution is 5.28. The summed E-state index contributed by atoms with van der Waals surface area (Å²) in [5.41, 5.74) is 1.25. The van der Waals surface area contributed by atoms with E-state index in [1.54, 1.807) is 7.11 Å². The third kappa shape index (κ3) is 4.88. The van der Waals surface area contributed by atoms with Crippen molar-refractivity contribution in [2.75, 3.05) is 20.2 Å². The number of hydrogen-bond donors (Lipinski definition) is 1. The Morgan fingerprint density at radius 3 is 2.94 bits per heavy atom. The number of nitriles is 1. The summed E-state index contributed by atoms with van der Waals surface area (Å²) >= 11 is 0. The van der Waals surface area contributed by atoms with Crippen LogP contribution in [0.3, 0.4) is 0 Å². The lowest BCUT2D eigenvalue weighted by Crippen LogP contribution is -2.23. The van der Waals surface area contributed by atoms with Gasteiger partial charge in [-0.2, -0.15) is 5.26 Å². The maximum absolute atomic E-state index is 8.80. The Morgan fingerprint density at radius 2 is 2.29 bits per heavy atom. The van der Waals surface area contributed by atoms with Crippen LogP contribution in [0.2, 0.25) is 0 Å². The van der Waals surface area contributed by atoms with Gasteiger partial charge in [-0.15, -0.1) is 0 Å². The summed E-state index contributed by atoms with van der Waals surface area (Å²) in [7, 11) is 1.68. The van der Waals surface area contributed by atoms with E-state index in [2.05, 4.69) is 17.5 Å². The average molecular weight is 232 g/mol. The lowest BCUT2D eigenvalue weighted by molar-refractivity contribution is 0.414. The highest BCUT2D eigenvalue weighted by atomic mass is 16.5. The maximum Gasteiger partial charge on any atom is 0.119 e. The molecule has 1 aromatic rings. The number of hydrogen-bond acceptors (Lipinski definition) is 3. The molecule has 0 saturated heterocycles. The van der Waals surface area contributed by atoms with E-state index in [0.29, 0.717) is 0 Å². The van der Waals surface area contributed by atoms with E-state index < -0.39 is 0 Å². The maximum atomic E-state index is 8.80. The minimum Gasteiger partial charge on any atom is -0.497 e. The van der Waals surface area contributed by atoms with Crippen molar-refractivity contribution in [2.24, 2.45) is 5.92 Å². The fourth-order valence-electron chi connectivity index (χ4n) is 1.62. The zero-order chi connectivity index (χ0) is 12.5. The fourth-order valence-corrected chi connectivity index (χ4v) is 1.62. The van der Waals surface area contributed by atoms with Crippen LogP contribution in [0.25, 0.3) is 0 Å². The van der Waals surface area contributed by atoms with E-state index in [1.165, 1.54) is 5.56 Å². The summed E-state index contributed by atoms with van der Waals surface area (Å²) in [4.78, 5) is 0. The molecule has 0 spiro atoms. The van der Waals surface area contributed by atoms with Gasteiger partial charge in [0.1, 0.15) is 5.75 Å².